The first kappa shape index (κ1) is 22.9. The van der Waals surface area contributed by atoms with E-state index in [9.17, 15) is 4.79 Å². The number of piperidine rings is 1. The molecule has 1 saturated heterocycles. The van der Waals surface area contributed by atoms with Gasteiger partial charge in [0.25, 0.3) is 0 Å². The Bertz CT molecular complexity index is 1060. The third-order valence-corrected chi connectivity index (χ3v) is 7.85. The Morgan fingerprint density at radius 2 is 1.94 bits per heavy atom. The van der Waals surface area contributed by atoms with E-state index in [0.29, 0.717) is 28.2 Å². The molecule has 1 amide bonds. The molecule has 9 nitrogen and oxygen atoms in total. The number of carbonyl (C=O) groups excluding carboxylic acids is 1. The maximum atomic E-state index is 12.0. The van der Waals surface area contributed by atoms with E-state index in [2.05, 4.69) is 25.7 Å². The summed E-state index contributed by atoms with van der Waals surface area (Å²) < 4.78 is 1.97. The molecule has 2 aromatic heterocycles. The molecule has 2 N–H and O–H groups in total. The van der Waals surface area contributed by atoms with Gasteiger partial charge in [-0.3, -0.25) is 9.48 Å². The van der Waals surface area contributed by atoms with Gasteiger partial charge >= 0.3 is 0 Å². The molecular formula is C24H31ClN8O. The highest BCUT2D eigenvalue weighted by atomic mass is 35.5. The van der Waals surface area contributed by atoms with Crippen molar-refractivity contribution in [1.82, 2.24) is 24.6 Å². The summed E-state index contributed by atoms with van der Waals surface area (Å²) in [6.07, 6.45) is 14.4. The highest BCUT2D eigenvalue weighted by Gasteiger charge is 2.39. The number of anilines is 3. The minimum atomic E-state index is -0.0363. The van der Waals surface area contributed by atoms with Crippen molar-refractivity contribution in [3.63, 3.8) is 0 Å². The molecule has 2 aromatic rings. The van der Waals surface area contributed by atoms with E-state index in [-0.39, 0.29) is 12.3 Å². The Morgan fingerprint density at radius 1 is 1.18 bits per heavy atom. The predicted molar refractivity (Wildman–Crippen MR) is 130 cm³/mol. The first-order valence-corrected chi connectivity index (χ1v) is 12.6. The van der Waals surface area contributed by atoms with Gasteiger partial charge in [-0.1, -0.05) is 11.6 Å². The van der Waals surface area contributed by atoms with Gasteiger partial charge in [-0.2, -0.15) is 15.3 Å². The van der Waals surface area contributed by atoms with E-state index in [0.717, 1.165) is 69.8 Å². The van der Waals surface area contributed by atoms with E-state index in [4.69, 9.17) is 16.9 Å². The van der Waals surface area contributed by atoms with E-state index < -0.39 is 0 Å². The largest absolute Gasteiger partial charge is 0.366 e. The quantitative estimate of drug-likeness (QED) is 0.603. The van der Waals surface area contributed by atoms with Crippen molar-refractivity contribution < 1.29 is 4.79 Å². The molecule has 3 aliphatic rings. The zero-order valence-electron chi connectivity index (χ0n) is 19.3. The van der Waals surface area contributed by atoms with Crippen molar-refractivity contribution in [3.8, 4) is 6.07 Å². The third-order valence-electron chi connectivity index (χ3n) is 7.57. The van der Waals surface area contributed by atoms with E-state index in [1.807, 2.05) is 21.8 Å². The standard InChI is InChI=1S/C24H31ClN8O/c25-20-14-27-23(30-19-13-28-33(16-19)15-17-1-2-17)31-22(20)29-18-3-6-24(7-4-18)8-11-32(12-9-24)21(34)5-10-26/h13-14,16-18H,1-9,11-12,15H2,(H2,27,29,30,31). The highest BCUT2D eigenvalue weighted by molar-refractivity contribution is 6.32. The summed E-state index contributed by atoms with van der Waals surface area (Å²) in [7, 11) is 0. The van der Waals surface area contributed by atoms with Crippen LogP contribution in [0.1, 0.15) is 57.8 Å². The minimum Gasteiger partial charge on any atom is -0.366 e. The fraction of sp³-hybridized carbons (Fsp3) is 0.625. The number of likely N-dealkylation sites (tertiary alicyclic amines) is 1. The van der Waals surface area contributed by atoms with Gasteiger partial charge in [0, 0.05) is 31.9 Å². The van der Waals surface area contributed by atoms with Gasteiger partial charge in [-0.15, -0.1) is 0 Å². The van der Waals surface area contributed by atoms with Crippen LogP contribution in [0.5, 0.6) is 0 Å². The van der Waals surface area contributed by atoms with Gasteiger partial charge in [0.2, 0.25) is 11.9 Å². The summed E-state index contributed by atoms with van der Waals surface area (Å²) in [5, 5.41) is 20.5. The highest BCUT2D eigenvalue weighted by Crippen LogP contribution is 2.45. The molecule has 180 valence electrons. The lowest BCUT2D eigenvalue weighted by molar-refractivity contribution is -0.132. The number of hydrogen-bond acceptors (Lipinski definition) is 7. The van der Waals surface area contributed by atoms with Crippen molar-refractivity contribution >= 4 is 35.0 Å². The Hall–Kier alpha value is -2.86. The summed E-state index contributed by atoms with van der Waals surface area (Å²) in [6, 6.07) is 2.28. The lowest BCUT2D eigenvalue weighted by Crippen LogP contribution is -2.45. The van der Waals surface area contributed by atoms with Crippen LogP contribution >= 0.6 is 11.6 Å². The van der Waals surface area contributed by atoms with Crippen LogP contribution < -0.4 is 10.6 Å². The third kappa shape index (κ3) is 5.44. The molecule has 0 bridgehead atoms. The number of carbonyl (C=O) groups is 1. The fourth-order valence-electron chi connectivity index (χ4n) is 5.23. The van der Waals surface area contributed by atoms with Crippen molar-refractivity contribution in [2.24, 2.45) is 11.3 Å². The van der Waals surface area contributed by atoms with Crippen LogP contribution in [0.3, 0.4) is 0 Å². The molecule has 2 saturated carbocycles. The molecule has 0 atom stereocenters. The molecule has 3 heterocycles. The van der Waals surface area contributed by atoms with Gasteiger partial charge in [-0.05, 0) is 62.7 Å². The van der Waals surface area contributed by atoms with Crippen molar-refractivity contribution in [2.45, 2.75) is 70.4 Å². The maximum Gasteiger partial charge on any atom is 0.236 e. The van der Waals surface area contributed by atoms with Crippen molar-refractivity contribution in [2.75, 3.05) is 23.7 Å². The number of nitrogens with one attached hydrogen (secondary N) is 2. The molecule has 34 heavy (non-hydrogen) atoms. The molecule has 2 aliphatic carbocycles. The summed E-state index contributed by atoms with van der Waals surface area (Å²) in [5.41, 5.74) is 1.18. The topological polar surface area (TPSA) is 112 Å². The van der Waals surface area contributed by atoms with Crippen molar-refractivity contribution in [1.29, 1.82) is 5.26 Å². The number of halogens is 1. The second-order valence-corrected chi connectivity index (χ2v) is 10.5. The number of aromatic nitrogens is 4. The van der Waals surface area contributed by atoms with Gasteiger partial charge in [0.1, 0.15) is 11.4 Å². The van der Waals surface area contributed by atoms with Crippen LogP contribution in [0, 0.1) is 22.7 Å². The average Bonchev–Trinajstić information content (AvgIpc) is 3.55. The monoisotopic (exact) mass is 482 g/mol. The van der Waals surface area contributed by atoms with Gasteiger partial charge < -0.3 is 15.5 Å². The zero-order valence-corrected chi connectivity index (χ0v) is 20.1. The summed E-state index contributed by atoms with van der Waals surface area (Å²) >= 11 is 6.41. The number of amides is 1. The Kier molecular flexibility index (Phi) is 6.59. The zero-order chi connectivity index (χ0) is 23.5. The summed E-state index contributed by atoms with van der Waals surface area (Å²) in [5.74, 6) is 1.89. The molecule has 0 unspecified atom stereocenters. The van der Waals surface area contributed by atoms with Gasteiger partial charge in [-0.25, -0.2) is 4.98 Å². The lowest BCUT2D eigenvalue weighted by Gasteiger charge is -2.46. The molecule has 0 radical (unpaired) electrons. The van der Waals surface area contributed by atoms with Crippen LogP contribution in [0.4, 0.5) is 17.5 Å². The number of hydrogen-bond donors (Lipinski definition) is 2. The lowest BCUT2D eigenvalue weighted by atomic mass is 9.67. The Balaban J connectivity index is 1.14. The molecular weight excluding hydrogens is 452 g/mol. The second kappa shape index (κ2) is 9.79. The van der Waals surface area contributed by atoms with Gasteiger partial charge in [0.05, 0.1) is 24.2 Å². The fourth-order valence-corrected chi connectivity index (χ4v) is 5.37. The normalized spacial score (nSPS) is 20.2. The van der Waals surface area contributed by atoms with E-state index in [1.54, 1.807) is 12.4 Å². The van der Waals surface area contributed by atoms with Gasteiger partial charge in [0.15, 0.2) is 5.82 Å². The molecule has 5 rings (SSSR count). The predicted octanol–water partition coefficient (Wildman–Crippen LogP) is 4.36. The van der Waals surface area contributed by atoms with Crippen molar-refractivity contribution in [3.05, 3.63) is 23.6 Å². The van der Waals surface area contributed by atoms with E-state index >= 15 is 0 Å². The number of nitrogens with zero attached hydrogens (tertiary/aromatic N) is 6. The SMILES string of the molecule is N#CCC(=O)N1CCC2(CCC(Nc3nc(Nc4cnn(CC5CC5)c4)ncc3Cl)CC2)CC1. The molecule has 1 spiro atoms. The first-order chi connectivity index (χ1) is 16.5. The first-order valence-electron chi connectivity index (χ1n) is 12.3. The Labute approximate surface area is 204 Å². The summed E-state index contributed by atoms with van der Waals surface area (Å²) in [6.45, 7) is 2.50. The van der Waals surface area contributed by atoms with Crippen LogP contribution in [0.15, 0.2) is 18.6 Å². The molecule has 1 aliphatic heterocycles. The molecule has 3 fully saturated rings. The van der Waals surface area contributed by atoms with E-state index in [1.165, 1.54) is 12.8 Å². The molecule has 10 heteroatoms. The smallest absolute Gasteiger partial charge is 0.236 e. The minimum absolute atomic E-state index is 0.0155. The number of nitriles is 1. The Morgan fingerprint density at radius 3 is 2.65 bits per heavy atom. The van der Waals surface area contributed by atoms with Crippen LogP contribution in [-0.2, 0) is 11.3 Å². The number of rotatable bonds is 7. The molecule has 0 aromatic carbocycles. The van der Waals surface area contributed by atoms with Crippen LogP contribution in [0.25, 0.3) is 0 Å². The maximum absolute atomic E-state index is 12.0. The second-order valence-electron chi connectivity index (χ2n) is 10.0. The van der Waals surface area contributed by atoms with Crippen LogP contribution in [0.2, 0.25) is 5.02 Å². The summed E-state index contributed by atoms with van der Waals surface area (Å²) in [4.78, 5) is 22.8. The average molecular weight is 483 g/mol. The van der Waals surface area contributed by atoms with Crippen LogP contribution in [-0.4, -0.2) is 49.7 Å².